The first-order chi connectivity index (χ1) is 9.99. The molecule has 1 fully saturated rings. The van der Waals surface area contributed by atoms with Gasteiger partial charge in [0.2, 0.25) is 5.71 Å². The number of hydrogen-bond donors (Lipinski definition) is 1. The molecule has 0 saturated carbocycles. The number of hydrogen-bond acceptors (Lipinski definition) is 6. The summed E-state index contributed by atoms with van der Waals surface area (Å²) in [6, 6.07) is 3.43. The molecule has 2 aromatic rings. The fraction of sp³-hybridized carbons (Fsp3) is 0.154. The monoisotopic (exact) mass is 322 g/mol. The van der Waals surface area contributed by atoms with Gasteiger partial charge in [-0.1, -0.05) is 24.0 Å². The van der Waals surface area contributed by atoms with Crippen LogP contribution in [0.5, 0.6) is 0 Å². The van der Waals surface area contributed by atoms with Gasteiger partial charge >= 0.3 is 5.97 Å². The number of aryl methyl sites for hydroxylation is 1. The Morgan fingerprint density at radius 2 is 2.29 bits per heavy atom. The Bertz CT molecular complexity index is 816. The highest BCUT2D eigenvalue weighted by atomic mass is 32.2. The maximum atomic E-state index is 11.6. The summed E-state index contributed by atoms with van der Waals surface area (Å²) in [5.41, 5.74) is 0.938. The average molecular weight is 322 g/mol. The van der Waals surface area contributed by atoms with E-state index in [0.717, 1.165) is 5.39 Å². The van der Waals surface area contributed by atoms with Crippen molar-refractivity contribution in [2.45, 2.75) is 0 Å². The molecule has 1 N–H and O–H groups in total. The number of aromatic nitrogens is 1. The number of methoxy groups -OCH3 is 1. The molecular weight excluding hydrogens is 312 g/mol. The highest BCUT2D eigenvalue weighted by Gasteiger charge is 2.23. The molecule has 0 bridgehead atoms. The van der Waals surface area contributed by atoms with Gasteiger partial charge in [-0.25, -0.2) is 4.79 Å². The fourth-order valence-corrected chi connectivity index (χ4v) is 3.08. The molecule has 21 heavy (non-hydrogen) atoms. The van der Waals surface area contributed by atoms with E-state index in [1.807, 2.05) is 0 Å². The van der Waals surface area contributed by atoms with Gasteiger partial charge in [-0.05, 0) is 12.1 Å². The van der Waals surface area contributed by atoms with Gasteiger partial charge in [-0.2, -0.15) is 0 Å². The number of amides is 1. The maximum Gasteiger partial charge on any atom is 0.354 e. The van der Waals surface area contributed by atoms with Gasteiger partial charge in [0.1, 0.15) is 15.8 Å². The zero-order valence-corrected chi connectivity index (χ0v) is 12.8. The van der Waals surface area contributed by atoms with Crippen LogP contribution in [0, 0.1) is 0 Å². The minimum atomic E-state index is -0.431. The molecule has 6 nitrogen and oxygen atoms in total. The number of carbonyl (C=O) groups is 2. The van der Waals surface area contributed by atoms with Gasteiger partial charge in [-0.15, -0.1) is 0 Å². The quantitative estimate of drug-likeness (QED) is 0.518. The molecule has 1 saturated heterocycles. The number of nitrogens with one attached hydrogen (secondary N) is 1. The first-order valence-electron chi connectivity index (χ1n) is 5.92. The van der Waals surface area contributed by atoms with E-state index in [0.29, 0.717) is 26.4 Å². The van der Waals surface area contributed by atoms with Crippen molar-refractivity contribution < 1.29 is 18.7 Å². The largest absolute Gasteiger partial charge is 0.464 e. The van der Waals surface area contributed by atoms with E-state index in [9.17, 15) is 9.59 Å². The van der Waals surface area contributed by atoms with Crippen molar-refractivity contribution in [2.24, 2.45) is 7.05 Å². The Kier molecular flexibility index (Phi) is 3.34. The summed E-state index contributed by atoms with van der Waals surface area (Å²) < 4.78 is 12.4. The number of furan rings is 1. The number of esters is 1. The molecule has 0 atom stereocenters. The lowest BCUT2D eigenvalue weighted by atomic mass is 10.3. The van der Waals surface area contributed by atoms with Crippen molar-refractivity contribution >= 4 is 57.4 Å². The summed E-state index contributed by atoms with van der Waals surface area (Å²) in [6.45, 7) is 0. The first-order valence-corrected chi connectivity index (χ1v) is 7.14. The molecule has 0 spiro atoms. The Morgan fingerprint density at radius 3 is 2.86 bits per heavy atom. The summed E-state index contributed by atoms with van der Waals surface area (Å²) in [5, 5.41) is 3.30. The van der Waals surface area contributed by atoms with Crippen LogP contribution in [0.2, 0.25) is 0 Å². The third kappa shape index (κ3) is 2.36. The molecule has 0 aliphatic carbocycles. The lowest BCUT2D eigenvalue weighted by Crippen LogP contribution is -2.17. The molecule has 1 amide bonds. The van der Waals surface area contributed by atoms with Crippen LogP contribution < -0.4 is 5.32 Å². The van der Waals surface area contributed by atoms with Crippen LogP contribution >= 0.6 is 24.0 Å². The molecule has 1 aliphatic heterocycles. The normalized spacial score (nSPS) is 16.8. The van der Waals surface area contributed by atoms with Gasteiger partial charge in [-0.3, -0.25) is 4.79 Å². The van der Waals surface area contributed by atoms with Crippen LogP contribution in [-0.2, 0) is 16.6 Å². The Hall–Kier alpha value is -2.06. The summed E-state index contributed by atoms with van der Waals surface area (Å²) in [7, 11) is 3.03. The van der Waals surface area contributed by atoms with E-state index in [4.69, 9.17) is 21.4 Å². The second kappa shape index (κ2) is 5.05. The highest BCUT2D eigenvalue weighted by Crippen LogP contribution is 2.29. The van der Waals surface area contributed by atoms with Crippen LogP contribution in [0.4, 0.5) is 0 Å². The van der Waals surface area contributed by atoms with Crippen LogP contribution in [0.25, 0.3) is 17.2 Å². The summed E-state index contributed by atoms with van der Waals surface area (Å²) in [6.07, 6.45) is 1.62. The number of ether oxygens (including phenoxy) is 1. The highest BCUT2D eigenvalue weighted by molar-refractivity contribution is 8.26. The molecular formula is C13H10N2O4S2. The van der Waals surface area contributed by atoms with Gasteiger partial charge in [0.05, 0.1) is 12.0 Å². The maximum absolute atomic E-state index is 11.6. The van der Waals surface area contributed by atoms with Crippen molar-refractivity contribution in [1.82, 2.24) is 9.88 Å². The smallest absolute Gasteiger partial charge is 0.354 e. The SMILES string of the molecule is COC(=O)c1cc2cc(C=C3SC(=S)NC3=O)oc2n1C. The topological polar surface area (TPSA) is 73.5 Å². The third-order valence-corrected chi connectivity index (χ3v) is 4.19. The van der Waals surface area contributed by atoms with Crippen molar-refractivity contribution in [3.63, 3.8) is 0 Å². The number of thioether (sulfide) groups is 1. The predicted octanol–water partition coefficient (Wildman–Crippen LogP) is 2.05. The van der Waals surface area contributed by atoms with E-state index in [1.165, 1.54) is 18.9 Å². The summed E-state index contributed by atoms with van der Waals surface area (Å²) in [5.74, 6) is -0.144. The Labute approximate surface area is 129 Å². The Balaban J connectivity index is 2.00. The molecule has 3 heterocycles. The zero-order valence-electron chi connectivity index (χ0n) is 11.1. The van der Waals surface area contributed by atoms with E-state index >= 15 is 0 Å². The first kappa shape index (κ1) is 13.9. The van der Waals surface area contributed by atoms with Crippen molar-refractivity contribution in [3.8, 4) is 0 Å². The lowest BCUT2D eigenvalue weighted by molar-refractivity contribution is -0.115. The second-order valence-corrected chi connectivity index (χ2v) is 6.06. The van der Waals surface area contributed by atoms with Crippen LogP contribution in [0.1, 0.15) is 16.2 Å². The van der Waals surface area contributed by atoms with Crippen molar-refractivity contribution in [3.05, 3.63) is 28.5 Å². The summed E-state index contributed by atoms with van der Waals surface area (Å²) in [4.78, 5) is 23.7. The molecule has 0 radical (unpaired) electrons. The number of fused-ring (bicyclic) bond motifs is 1. The predicted molar refractivity (Wildman–Crippen MR) is 82.8 cm³/mol. The van der Waals surface area contributed by atoms with Gasteiger partial charge in [0.15, 0.2) is 0 Å². The van der Waals surface area contributed by atoms with Gasteiger partial charge in [0, 0.05) is 18.5 Å². The minimum Gasteiger partial charge on any atom is -0.464 e. The summed E-state index contributed by atoms with van der Waals surface area (Å²) >= 11 is 6.11. The standard InChI is InChI=1S/C13H10N2O4S2/c1-15-8(12(17)18-2)4-6-3-7(19-11(6)15)5-9-10(16)14-13(20)21-9/h3-5H,1-2H3,(H,14,16,20). The molecule has 108 valence electrons. The van der Waals surface area contributed by atoms with E-state index in [1.54, 1.807) is 29.8 Å². The fourth-order valence-electron chi connectivity index (χ4n) is 2.06. The minimum absolute atomic E-state index is 0.235. The van der Waals surface area contributed by atoms with Crippen molar-refractivity contribution in [2.75, 3.05) is 7.11 Å². The zero-order chi connectivity index (χ0) is 15.1. The number of rotatable bonds is 2. The average Bonchev–Trinajstić information content (AvgIpc) is 3.06. The molecule has 0 unspecified atom stereocenters. The van der Waals surface area contributed by atoms with Gasteiger partial charge in [0.25, 0.3) is 5.91 Å². The number of carbonyl (C=O) groups excluding carboxylic acids is 2. The lowest BCUT2D eigenvalue weighted by Gasteiger charge is -2.00. The molecule has 1 aliphatic rings. The van der Waals surface area contributed by atoms with Gasteiger partial charge < -0.3 is 19.0 Å². The molecule has 2 aromatic heterocycles. The Morgan fingerprint density at radius 1 is 1.52 bits per heavy atom. The van der Waals surface area contributed by atoms with Crippen LogP contribution in [0.15, 0.2) is 21.5 Å². The van der Waals surface area contributed by atoms with E-state index in [-0.39, 0.29) is 5.91 Å². The van der Waals surface area contributed by atoms with E-state index in [2.05, 4.69) is 5.32 Å². The number of thiocarbonyl (C=S) groups is 1. The van der Waals surface area contributed by atoms with Crippen LogP contribution in [0.3, 0.4) is 0 Å². The molecule has 0 aromatic carbocycles. The second-order valence-electron chi connectivity index (χ2n) is 4.34. The molecule has 3 rings (SSSR count). The van der Waals surface area contributed by atoms with E-state index < -0.39 is 5.97 Å². The molecule has 8 heteroatoms. The third-order valence-electron chi connectivity index (χ3n) is 3.03. The van der Waals surface area contributed by atoms with Crippen molar-refractivity contribution in [1.29, 1.82) is 0 Å². The number of nitrogens with zero attached hydrogens (tertiary/aromatic N) is 1. The van der Waals surface area contributed by atoms with Crippen LogP contribution in [-0.4, -0.2) is 27.9 Å².